The van der Waals surface area contributed by atoms with Crippen LogP contribution in [0.25, 0.3) is 0 Å². The van der Waals surface area contributed by atoms with E-state index in [1.54, 1.807) is 24.3 Å². The molecule has 0 radical (unpaired) electrons. The summed E-state index contributed by atoms with van der Waals surface area (Å²) in [5, 5.41) is 26.8. The average Bonchev–Trinajstić information content (AvgIpc) is 2.82. The van der Waals surface area contributed by atoms with Crippen LogP contribution in [-0.4, -0.2) is 34.8 Å². The molecule has 7 heteroatoms. The molecule has 1 aliphatic heterocycles. The molecule has 0 aliphatic carbocycles. The average molecular weight is 463 g/mol. The Kier molecular flexibility index (Phi) is 7.05. The molecule has 1 heterocycles. The molecule has 1 amide bonds. The number of fused-ring (bicyclic) bond motifs is 1. The number of anilines is 1. The predicted molar refractivity (Wildman–Crippen MR) is 130 cm³/mol. The van der Waals surface area contributed by atoms with E-state index in [0.29, 0.717) is 35.8 Å². The first kappa shape index (κ1) is 23.6. The van der Waals surface area contributed by atoms with Crippen molar-refractivity contribution in [3.8, 4) is 17.2 Å². The van der Waals surface area contributed by atoms with Crippen LogP contribution in [0.15, 0.2) is 66.7 Å². The molecule has 0 saturated heterocycles. The SMILES string of the molecule is CC(C)(Cc1ccc(O)cc1)NC[C@H](O)c1cc(OCc2ccccc2)cc2c1OCC(=O)N2. The number of aliphatic hydroxyl groups excluding tert-OH is 1. The number of hydrogen-bond acceptors (Lipinski definition) is 6. The van der Waals surface area contributed by atoms with Crippen molar-refractivity contribution in [2.75, 3.05) is 18.5 Å². The number of aromatic hydroxyl groups is 1. The Morgan fingerprint density at radius 3 is 2.56 bits per heavy atom. The summed E-state index contributed by atoms with van der Waals surface area (Å²) in [7, 11) is 0. The maximum Gasteiger partial charge on any atom is 0.262 e. The van der Waals surface area contributed by atoms with Gasteiger partial charge in [0.05, 0.1) is 11.8 Å². The van der Waals surface area contributed by atoms with Crippen molar-refractivity contribution in [1.82, 2.24) is 5.32 Å². The van der Waals surface area contributed by atoms with Crippen LogP contribution in [0.4, 0.5) is 5.69 Å². The Bertz CT molecular complexity index is 1130. The molecule has 3 aromatic rings. The fraction of sp³-hybridized carbons (Fsp3) is 0.296. The molecule has 4 N–H and O–H groups in total. The van der Waals surface area contributed by atoms with Crippen LogP contribution in [0.5, 0.6) is 17.2 Å². The lowest BCUT2D eigenvalue weighted by Gasteiger charge is -2.29. The quantitative estimate of drug-likeness (QED) is 0.384. The van der Waals surface area contributed by atoms with Gasteiger partial charge < -0.3 is 30.3 Å². The van der Waals surface area contributed by atoms with E-state index >= 15 is 0 Å². The molecule has 178 valence electrons. The summed E-state index contributed by atoms with van der Waals surface area (Å²) in [6, 6.07) is 20.4. The first-order valence-corrected chi connectivity index (χ1v) is 11.3. The fourth-order valence-electron chi connectivity index (χ4n) is 3.94. The molecule has 1 aliphatic rings. The standard InChI is InChI=1S/C27H30N2O5/c1-27(2,14-18-8-10-20(30)11-9-18)28-15-24(31)22-12-21(33-16-19-6-4-3-5-7-19)13-23-26(22)34-17-25(32)29-23/h3-13,24,28,30-31H,14-17H2,1-2H3,(H,29,32)/t24-/m0/s1. The van der Waals surface area contributed by atoms with Gasteiger partial charge in [-0.1, -0.05) is 42.5 Å². The Morgan fingerprint density at radius 1 is 1.09 bits per heavy atom. The Balaban J connectivity index is 1.48. The molecule has 0 unspecified atom stereocenters. The van der Waals surface area contributed by atoms with Crippen molar-refractivity contribution in [3.63, 3.8) is 0 Å². The van der Waals surface area contributed by atoms with Gasteiger partial charge in [-0.05, 0) is 49.6 Å². The number of phenols is 1. The third-order valence-electron chi connectivity index (χ3n) is 5.68. The third kappa shape index (κ3) is 6.07. The van der Waals surface area contributed by atoms with Crippen molar-refractivity contribution < 1.29 is 24.5 Å². The van der Waals surface area contributed by atoms with Crippen LogP contribution in [0.1, 0.15) is 36.6 Å². The smallest absolute Gasteiger partial charge is 0.262 e. The van der Waals surface area contributed by atoms with E-state index in [-0.39, 0.29) is 30.3 Å². The highest BCUT2D eigenvalue weighted by Gasteiger charge is 2.26. The molecular formula is C27H30N2O5. The summed E-state index contributed by atoms with van der Waals surface area (Å²) in [6.07, 6.45) is -0.173. The highest BCUT2D eigenvalue weighted by Crippen LogP contribution is 2.39. The monoisotopic (exact) mass is 462 g/mol. The molecule has 0 saturated carbocycles. The van der Waals surface area contributed by atoms with Crippen LogP contribution in [0.3, 0.4) is 0 Å². The number of carbonyl (C=O) groups is 1. The van der Waals surface area contributed by atoms with Gasteiger partial charge in [-0.15, -0.1) is 0 Å². The lowest BCUT2D eigenvalue weighted by Crippen LogP contribution is -2.43. The zero-order valence-electron chi connectivity index (χ0n) is 19.4. The number of rotatable bonds is 9. The number of ether oxygens (including phenoxy) is 2. The summed E-state index contributed by atoms with van der Waals surface area (Å²) >= 11 is 0. The van der Waals surface area contributed by atoms with Gasteiger partial charge in [-0.25, -0.2) is 0 Å². The van der Waals surface area contributed by atoms with Crippen LogP contribution in [0, 0.1) is 0 Å². The third-order valence-corrected chi connectivity index (χ3v) is 5.68. The highest BCUT2D eigenvalue weighted by atomic mass is 16.5. The van der Waals surface area contributed by atoms with Gasteiger partial charge in [0.2, 0.25) is 0 Å². The van der Waals surface area contributed by atoms with E-state index in [1.165, 1.54) is 0 Å². The van der Waals surface area contributed by atoms with Gasteiger partial charge in [-0.3, -0.25) is 4.79 Å². The Morgan fingerprint density at radius 2 is 1.82 bits per heavy atom. The maximum atomic E-state index is 11.9. The topological polar surface area (TPSA) is 100 Å². The van der Waals surface area contributed by atoms with E-state index in [1.807, 2.05) is 42.5 Å². The summed E-state index contributed by atoms with van der Waals surface area (Å²) in [5.41, 5.74) is 2.81. The van der Waals surface area contributed by atoms with Gasteiger partial charge >= 0.3 is 0 Å². The normalized spacial score (nSPS) is 14.0. The first-order chi connectivity index (χ1) is 16.3. The van der Waals surface area contributed by atoms with E-state index in [0.717, 1.165) is 11.1 Å². The minimum absolute atomic E-state index is 0.100. The number of phenolic OH excluding ortho intramolecular Hbond substituents is 1. The summed E-state index contributed by atoms with van der Waals surface area (Å²) in [5.74, 6) is 0.973. The minimum Gasteiger partial charge on any atom is -0.508 e. The van der Waals surface area contributed by atoms with Crippen molar-refractivity contribution >= 4 is 11.6 Å². The number of carbonyl (C=O) groups excluding carboxylic acids is 1. The second kappa shape index (κ2) is 10.2. The number of nitrogens with one attached hydrogen (secondary N) is 2. The van der Waals surface area contributed by atoms with Gasteiger partial charge in [0.15, 0.2) is 6.61 Å². The van der Waals surface area contributed by atoms with Gasteiger partial charge in [0.1, 0.15) is 23.9 Å². The zero-order valence-corrected chi connectivity index (χ0v) is 19.4. The number of hydrogen-bond donors (Lipinski definition) is 4. The molecule has 0 spiro atoms. The zero-order chi connectivity index (χ0) is 24.1. The van der Waals surface area contributed by atoms with Gasteiger partial charge in [0, 0.05) is 23.7 Å². The van der Waals surface area contributed by atoms with Gasteiger partial charge in [0.25, 0.3) is 5.91 Å². The van der Waals surface area contributed by atoms with Crippen LogP contribution in [0.2, 0.25) is 0 Å². The number of amides is 1. The molecule has 7 nitrogen and oxygen atoms in total. The van der Waals surface area contributed by atoms with Crippen molar-refractivity contribution in [3.05, 3.63) is 83.4 Å². The van der Waals surface area contributed by atoms with E-state index in [2.05, 4.69) is 24.5 Å². The molecule has 4 rings (SSSR count). The molecule has 0 aromatic heterocycles. The Labute approximate surface area is 199 Å². The van der Waals surface area contributed by atoms with Gasteiger partial charge in [-0.2, -0.15) is 0 Å². The van der Waals surface area contributed by atoms with E-state index in [9.17, 15) is 15.0 Å². The molecule has 0 fully saturated rings. The number of β-amino-alcohol motifs (C(OH)–C–C–N with tert-alkyl or cyclic N) is 1. The molecular weight excluding hydrogens is 432 g/mol. The second-order valence-corrected chi connectivity index (χ2v) is 9.12. The van der Waals surface area contributed by atoms with E-state index < -0.39 is 6.10 Å². The van der Waals surface area contributed by atoms with Crippen LogP contribution in [-0.2, 0) is 17.8 Å². The van der Waals surface area contributed by atoms with Crippen molar-refractivity contribution in [2.45, 2.75) is 38.5 Å². The largest absolute Gasteiger partial charge is 0.508 e. The maximum absolute atomic E-state index is 11.9. The first-order valence-electron chi connectivity index (χ1n) is 11.3. The second-order valence-electron chi connectivity index (χ2n) is 9.12. The van der Waals surface area contributed by atoms with E-state index in [4.69, 9.17) is 9.47 Å². The van der Waals surface area contributed by atoms with Crippen molar-refractivity contribution in [1.29, 1.82) is 0 Å². The molecule has 34 heavy (non-hydrogen) atoms. The lowest BCUT2D eigenvalue weighted by molar-refractivity contribution is -0.118. The number of aliphatic hydroxyl groups is 1. The molecule has 3 aromatic carbocycles. The summed E-state index contributed by atoms with van der Waals surface area (Å²) in [6.45, 7) is 4.64. The summed E-state index contributed by atoms with van der Waals surface area (Å²) in [4.78, 5) is 11.9. The molecule has 0 bridgehead atoms. The van der Waals surface area contributed by atoms with Crippen LogP contribution >= 0.6 is 0 Å². The van der Waals surface area contributed by atoms with Crippen LogP contribution < -0.4 is 20.1 Å². The summed E-state index contributed by atoms with van der Waals surface area (Å²) < 4.78 is 11.6. The Hall–Kier alpha value is -3.55. The molecule has 1 atom stereocenters. The number of benzene rings is 3. The lowest BCUT2D eigenvalue weighted by atomic mass is 9.94. The fourth-order valence-corrected chi connectivity index (χ4v) is 3.94. The minimum atomic E-state index is -0.886. The predicted octanol–water partition coefficient (Wildman–Crippen LogP) is 3.95. The highest BCUT2D eigenvalue weighted by molar-refractivity contribution is 5.96. The van der Waals surface area contributed by atoms with Crippen molar-refractivity contribution in [2.24, 2.45) is 0 Å².